The van der Waals surface area contributed by atoms with Crippen LogP contribution in [0.5, 0.6) is 11.5 Å². The van der Waals surface area contributed by atoms with Crippen molar-refractivity contribution in [3.8, 4) is 11.5 Å². The zero-order chi connectivity index (χ0) is 30.9. The smallest absolute Gasteiger partial charge is 0.264 e. The largest absolute Gasteiger partial charge is 0.497 e. The number of nitrogens with one attached hydrogen (secondary N) is 1. The number of hydrogen-bond donors (Lipinski definition) is 1. The average Bonchev–Trinajstić information content (AvgIpc) is 2.96. The number of nitrogens with zero attached hydrogens (tertiary/aromatic N) is 2. The Labute approximate surface area is 249 Å². The number of hydrogen-bond acceptors (Lipinski definition) is 6. The number of carbonyl (C=O) groups is 2. The van der Waals surface area contributed by atoms with Crippen molar-refractivity contribution < 1.29 is 27.5 Å². The van der Waals surface area contributed by atoms with E-state index in [9.17, 15) is 18.0 Å². The molecule has 1 N–H and O–H groups in total. The molecule has 0 heterocycles. The molecule has 0 aliphatic rings. The third-order valence-electron chi connectivity index (χ3n) is 6.65. The van der Waals surface area contributed by atoms with Crippen LogP contribution in [0.3, 0.4) is 0 Å². The van der Waals surface area contributed by atoms with E-state index in [0.717, 1.165) is 15.4 Å². The Bertz CT molecular complexity index is 1420. The Hall–Kier alpha value is -4.05. The second-order valence-corrected chi connectivity index (χ2v) is 12.1. The van der Waals surface area contributed by atoms with Gasteiger partial charge in [0.05, 0.1) is 24.3 Å². The van der Waals surface area contributed by atoms with Crippen LogP contribution in [0.4, 0.5) is 5.69 Å². The van der Waals surface area contributed by atoms with Crippen LogP contribution >= 0.6 is 0 Å². The molecule has 3 rings (SSSR count). The van der Waals surface area contributed by atoms with E-state index in [-0.39, 0.29) is 23.4 Å². The Morgan fingerprint density at radius 3 is 2.00 bits per heavy atom. The molecule has 0 radical (unpaired) electrons. The van der Waals surface area contributed by atoms with Crippen molar-refractivity contribution in [2.45, 2.75) is 64.6 Å². The molecule has 10 heteroatoms. The van der Waals surface area contributed by atoms with Gasteiger partial charge >= 0.3 is 0 Å². The average molecular weight is 596 g/mol. The van der Waals surface area contributed by atoms with Crippen molar-refractivity contribution in [1.29, 1.82) is 0 Å². The summed E-state index contributed by atoms with van der Waals surface area (Å²) in [6.45, 7) is 9.33. The second-order valence-electron chi connectivity index (χ2n) is 10.2. The van der Waals surface area contributed by atoms with Crippen molar-refractivity contribution >= 4 is 27.5 Å². The fourth-order valence-electron chi connectivity index (χ4n) is 4.47. The minimum absolute atomic E-state index is 0.0191. The molecule has 9 nitrogen and oxygen atoms in total. The van der Waals surface area contributed by atoms with Crippen LogP contribution in [-0.2, 0) is 26.2 Å². The Balaban J connectivity index is 2.04. The molecule has 0 spiro atoms. The van der Waals surface area contributed by atoms with E-state index in [1.165, 1.54) is 17.0 Å². The maximum absolute atomic E-state index is 14.1. The maximum atomic E-state index is 14.1. The summed E-state index contributed by atoms with van der Waals surface area (Å²) >= 11 is 0. The summed E-state index contributed by atoms with van der Waals surface area (Å²) in [5.41, 5.74) is 2.06. The van der Waals surface area contributed by atoms with Gasteiger partial charge in [-0.1, -0.05) is 36.8 Å². The summed E-state index contributed by atoms with van der Waals surface area (Å²) in [6.07, 6.45) is 0.344. The molecule has 0 aliphatic heterocycles. The monoisotopic (exact) mass is 595 g/mol. The summed E-state index contributed by atoms with van der Waals surface area (Å²) in [6, 6.07) is 19.3. The van der Waals surface area contributed by atoms with Gasteiger partial charge in [-0.05, 0) is 88.2 Å². The van der Waals surface area contributed by atoms with E-state index in [4.69, 9.17) is 9.47 Å². The fraction of sp³-hybridized carbons (Fsp3) is 0.375. The predicted molar refractivity (Wildman–Crippen MR) is 164 cm³/mol. The first-order valence-electron chi connectivity index (χ1n) is 14.0. The number of anilines is 1. The Kier molecular flexibility index (Phi) is 11.4. The zero-order valence-corrected chi connectivity index (χ0v) is 26.0. The topological polar surface area (TPSA) is 105 Å². The second kappa shape index (κ2) is 14.7. The maximum Gasteiger partial charge on any atom is 0.264 e. The normalized spacial score (nSPS) is 12.0. The summed E-state index contributed by atoms with van der Waals surface area (Å²) in [5.74, 6) is 0.396. The Morgan fingerprint density at radius 2 is 1.48 bits per heavy atom. The lowest BCUT2D eigenvalue weighted by molar-refractivity contribution is -0.140. The highest BCUT2D eigenvalue weighted by atomic mass is 32.2. The molecule has 0 bridgehead atoms. The lowest BCUT2D eigenvalue weighted by atomic mass is 10.1. The quantitative estimate of drug-likeness (QED) is 0.283. The summed E-state index contributed by atoms with van der Waals surface area (Å²) in [4.78, 5) is 28.8. The number of amides is 2. The van der Waals surface area contributed by atoms with Gasteiger partial charge in [-0.3, -0.25) is 13.9 Å². The van der Waals surface area contributed by atoms with Gasteiger partial charge in [0.25, 0.3) is 10.0 Å². The number of sulfonamides is 1. The molecule has 0 aromatic heterocycles. The van der Waals surface area contributed by atoms with Gasteiger partial charge in [0.15, 0.2) is 0 Å². The number of carbonyl (C=O) groups excluding carboxylic acids is 2. The lowest BCUT2D eigenvalue weighted by Crippen LogP contribution is -2.53. The van der Waals surface area contributed by atoms with Crippen LogP contribution in [-0.4, -0.2) is 57.5 Å². The van der Waals surface area contributed by atoms with Gasteiger partial charge < -0.3 is 19.7 Å². The van der Waals surface area contributed by atoms with E-state index >= 15 is 0 Å². The number of ether oxygens (including phenoxy) is 2. The van der Waals surface area contributed by atoms with Crippen LogP contribution in [0.15, 0.2) is 77.7 Å². The molecule has 0 saturated carbocycles. The zero-order valence-electron chi connectivity index (χ0n) is 25.2. The molecule has 1 atom stereocenters. The molecule has 3 aromatic carbocycles. The highest BCUT2D eigenvalue weighted by Gasteiger charge is 2.34. The molecule has 0 fully saturated rings. The van der Waals surface area contributed by atoms with Crippen LogP contribution < -0.4 is 19.1 Å². The molecule has 226 valence electrons. The minimum Gasteiger partial charge on any atom is -0.497 e. The Morgan fingerprint density at radius 1 is 0.881 bits per heavy atom. The first-order chi connectivity index (χ1) is 20.0. The van der Waals surface area contributed by atoms with Gasteiger partial charge in [-0.2, -0.15) is 0 Å². The standard InChI is InChI=1S/C32H41N3O6S/c1-7-30(32(37)33-23(3)4)34(21-25-11-15-27(40-6)16-12-25)31(36)22-35(26-13-9-24(5)10-14-26)42(38,39)29-19-17-28(18-20-29)41-8-2/h9-20,23,30H,7-8,21-22H2,1-6H3,(H,33,37)/t30-/m0/s1. The molecular formula is C32H41N3O6S. The first-order valence-corrected chi connectivity index (χ1v) is 15.5. The molecule has 42 heavy (non-hydrogen) atoms. The van der Waals surface area contributed by atoms with Crippen LogP contribution in [0.25, 0.3) is 0 Å². The van der Waals surface area contributed by atoms with Gasteiger partial charge in [0.1, 0.15) is 24.1 Å². The summed E-state index contributed by atoms with van der Waals surface area (Å²) in [5, 5.41) is 2.90. The molecule has 0 saturated heterocycles. The molecule has 0 aliphatic carbocycles. The van der Waals surface area contributed by atoms with Gasteiger partial charge in [-0.25, -0.2) is 8.42 Å². The number of methoxy groups -OCH3 is 1. The number of rotatable bonds is 14. The van der Waals surface area contributed by atoms with Crippen LogP contribution in [0.1, 0.15) is 45.2 Å². The van der Waals surface area contributed by atoms with Crippen molar-refractivity contribution in [1.82, 2.24) is 10.2 Å². The molecule has 0 unspecified atom stereocenters. The highest BCUT2D eigenvalue weighted by Crippen LogP contribution is 2.27. The van der Waals surface area contributed by atoms with E-state index in [1.54, 1.807) is 55.6 Å². The SMILES string of the molecule is CCOc1ccc(S(=O)(=O)N(CC(=O)N(Cc2ccc(OC)cc2)[C@@H](CC)C(=O)NC(C)C)c2ccc(C)cc2)cc1. The molecular weight excluding hydrogens is 554 g/mol. The summed E-state index contributed by atoms with van der Waals surface area (Å²) in [7, 11) is -2.60. The van der Waals surface area contributed by atoms with Gasteiger partial charge in [0.2, 0.25) is 11.8 Å². The van der Waals surface area contributed by atoms with Crippen LogP contribution in [0, 0.1) is 6.92 Å². The van der Waals surface area contributed by atoms with Gasteiger partial charge in [0, 0.05) is 12.6 Å². The van der Waals surface area contributed by atoms with Crippen molar-refractivity contribution in [2.24, 2.45) is 0 Å². The van der Waals surface area contributed by atoms with Crippen molar-refractivity contribution in [3.63, 3.8) is 0 Å². The predicted octanol–water partition coefficient (Wildman–Crippen LogP) is 4.93. The number of aryl methyl sites for hydroxylation is 1. The van der Waals surface area contributed by atoms with Crippen molar-refractivity contribution in [2.75, 3.05) is 24.6 Å². The third-order valence-corrected chi connectivity index (χ3v) is 8.44. The fourth-order valence-corrected chi connectivity index (χ4v) is 5.88. The molecule has 3 aromatic rings. The molecule has 2 amide bonds. The minimum atomic E-state index is -4.17. The van der Waals surface area contributed by atoms with Crippen molar-refractivity contribution in [3.05, 3.63) is 83.9 Å². The van der Waals surface area contributed by atoms with E-state index in [0.29, 0.717) is 30.2 Å². The number of benzene rings is 3. The van der Waals surface area contributed by atoms with E-state index in [2.05, 4.69) is 5.32 Å². The lowest BCUT2D eigenvalue weighted by Gasteiger charge is -2.33. The van der Waals surface area contributed by atoms with Crippen LogP contribution in [0.2, 0.25) is 0 Å². The highest BCUT2D eigenvalue weighted by molar-refractivity contribution is 7.92. The van der Waals surface area contributed by atoms with Gasteiger partial charge in [-0.15, -0.1) is 0 Å². The summed E-state index contributed by atoms with van der Waals surface area (Å²) < 4.78 is 39.9. The van der Waals surface area contributed by atoms with E-state index < -0.39 is 28.5 Å². The first kappa shape index (κ1) is 32.5. The van der Waals surface area contributed by atoms with E-state index in [1.807, 2.05) is 46.8 Å². The third kappa shape index (κ3) is 8.25.